The SMILES string of the molecule is COC(=O)c1cccc(OCC(=O)NCc2ccc(OC(F)F)c(OC)c2)c1. The first-order valence-corrected chi connectivity index (χ1v) is 8.12. The van der Waals surface area contributed by atoms with Gasteiger partial charge in [0, 0.05) is 6.54 Å². The van der Waals surface area contributed by atoms with Crippen molar-refractivity contribution in [2.45, 2.75) is 13.2 Å². The van der Waals surface area contributed by atoms with Gasteiger partial charge in [-0.1, -0.05) is 12.1 Å². The maximum Gasteiger partial charge on any atom is 0.387 e. The Labute approximate surface area is 160 Å². The zero-order valence-electron chi connectivity index (χ0n) is 15.2. The highest BCUT2D eigenvalue weighted by Gasteiger charge is 2.12. The molecule has 0 saturated heterocycles. The number of nitrogens with one attached hydrogen (secondary N) is 1. The lowest BCUT2D eigenvalue weighted by molar-refractivity contribution is -0.123. The summed E-state index contributed by atoms with van der Waals surface area (Å²) in [5, 5.41) is 2.63. The molecule has 2 rings (SSSR count). The van der Waals surface area contributed by atoms with Crippen LogP contribution in [0.15, 0.2) is 42.5 Å². The number of rotatable bonds is 9. The number of hydrogen-bond donors (Lipinski definition) is 1. The third kappa shape index (κ3) is 6.11. The average Bonchev–Trinajstić information content (AvgIpc) is 2.70. The maximum atomic E-state index is 12.3. The Hall–Kier alpha value is -3.36. The van der Waals surface area contributed by atoms with Crippen LogP contribution in [0.25, 0.3) is 0 Å². The Balaban J connectivity index is 1.88. The minimum atomic E-state index is -2.96. The zero-order chi connectivity index (χ0) is 20.5. The van der Waals surface area contributed by atoms with Crippen LogP contribution in [0.2, 0.25) is 0 Å². The Bertz CT molecular complexity index is 828. The summed E-state index contributed by atoms with van der Waals surface area (Å²) in [6, 6.07) is 10.6. The first-order valence-electron chi connectivity index (χ1n) is 8.12. The zero-order valence-corrected chi connectivity index (χ0v) is 15.2. The Kier molecular flexibility index (Phi) is 7.55. The number of carbonyl (C=O) groups excluding carboxylic acids is 2. The van der Waals surface area contributed by atoms with E-state index in [1.165, 1.54) is 38.5 Å². The maximum absolute atomic E-state index is 12.3. The summed E-state index contributed by atoms with van der Waals surface area (Å²) in [5.41, 5.74) is 0.929. The second kappa shape index (κ2) is 10.1. The van der Waals surface area contributed by atoms with Crippen molar-refractivity contribution in [3.8, 4) is 17.2 Å². The van der Waals surface area contributed by atoms with Crippen molar-refractivity contribution in [3.63, 3.8) is 0 Å². The summed E-state index contributed by atoms with van der Waals surface area (Å²) in [5.74, 6) is -0.545. The number of carbonyl (C=O) groups is 2. The standard InChI is InChI=1S/C19H19F2NO6/c1-25-16-8-12(6-7-15(16)28-19(20)21)10-22-17(23)11-27-14-5-3-4-13(9-14)18(24)26-2/h3-9,19H,10-11H2,1-2H3,(H,22,23). The quantitative estimate of drug-likeness (QED) is 0.658. The van der Waals surface area contributed by atoms with Crippen LogP contribution in [0.1, 0.15) is 15.9 Å². The molecule has 0 aliphatic carbocycles. The van der Waals surface area contributed by atoms with Crippen molar-refractivity contribution < 1.29 is 37.3 Å². The third-order valence-corrected chi connectivity index (χ3v) is 3.56. The lowest BCUT2D eigenvalue weighted by Crippen LogP contribution is -2.28. The molecule has 1 N–H and O–H groups in total. The topological polar surface area (TPSA) is 83.1 Å². The molecule has 0 fully saturated rings. The molecule has 0 aromatic heterocycles. The van der Waals surface area contributed by atoms with Crippen LogP contribution in [0.5, 0.6) is 17.2 Å². The molecule has 9 heteroatoms. The molecule has 0 bridgehead atoms. The van der Waals surface area contributed by atoms with Gasteiger partial charge in [0.2, 0.25) is 0 Å². The predicted molar refractivity (Wildman–Crippen MR) is 94.7 cm³/mol. The molecule has 0 aliphatic heterocycles. The normalized spacial score (nSPS) is 10.3. The summed E-state index contributed by atoms with van der Waals surface area (Å²) in [6.45, 7) is -3.10. The van der Waals surface area contributed by atoms with Crippen molar-refractivity contribution in [1.82, 2.24) is 5.32 Å². The van der Waals surface area contributed by atoms with Gasteiger partial charge in [-0.25, -0.2) is 4.79 Å². The second-order valence-corrected chi connectivity index (χ2v) is 5.45. The molecule has 1 amide bonds. The number of alkyl halides is 2. The van der Waals surface area contributed by atoms with Gasteiger partial charge in [0.15, 0.2) is 18.1 Å². The van der Waals surface area contributed by atoms with E-state index in [1.54, 1.807) is 18.2 Å². The minimum absolute atomic E-state index is 0.0959. The molecule has 0 saturated carbocycles. The van der Waals surface area contributed by atoms with Crippen molar-refractivity contribution in [3.05, 3.63) is 53.6 Å². The van der Waals surface area contributed by atoms with Crippen LogP contribution in [0.3, 0.4) is 0 Å². The smallest absolute Gasteiger partial charge is 0.387 e. The van der Waals surface area contributed by atoms with E-state index in [0.717, 1.165) is 0 Å². The van der Waals surface area contributed by atoms with E-state index in [-0.39, 0.29) is 24.7 Å². The molecule has 2 aromatic carbocycles. The van der Waals surface area contributed by atoms with E-state index in [0.29, 0.717) is 16.9 Å². The van der Waals surface area contributed by atoms with Gasteiger partial charge in [0.05, 0.1) is 19.8 Å². The number of methoxy groups -OCH3 is 2. The van der Waals surface area contributed by atoms with Crippen molar-refractivity contribution in [1.29, 1.82) is 0 Å². The van der Waals surface area contributed by atoms with Crippen LogP contribution < -0.4 is 19.5 Å². The van der Waals surface area contributed by atoms with Crippen molar-refractivity contribution >= 4 is 11.9 Å². The van der Waals surface area contributed by atoms with Gasteiger partial charge < -0.3 is 24.3 Å². The molecule has 0 radical (unpaired) electrons. The van der Waals surface area contributed by atoms with Gasteiger partial charge in [-0.15, -0.1) is 0 Å². The van der Waals surface area contributed by atoms with Crippen molar-refractivity contribution in [2.24, 2.45) is 0 Å². The molecular formula is C19H19F2NO6. The third-order valence-electron chi connectivity index (χ3n) is 3.56. The fourth-order valence-electron chi connectivity index (χ4n) is 2.25. The summed E-state index contributed by atoms with van der Waals surface area (Å²) in [7, 11) is 2.59. The van der Waals surface area contributed by atoms with Gasteiger partial charge in [-0.2, -0.15) is 8.78 Å². The van der Waals surface area contributed by atoms with Crippen LogP contribution in [0.4, 0.5) is 8.78 Å². The highest BCUT2D eigenvalue weighted by atomic mass is 19.3. The van der Waals surface area contributed by atoms with Gasteiger partial charge >= 0.3 is 12.6 Å². The second-order valence-electron chi connectivity index (χ2n) is 5.45. The van der Waals surface area contributed by atoms with Gasteiger partial charge in [0.1, 0.15) is 5.75 Å². The van der Waals surface area contributed by atoms with E-state index >= 15 is 0 Å². The molecular weight excluding hydrogens is 376 g/mol. The van der Waals surface area contributed by atoms with Crippen molar-refractivity contribution in [2.75, 3.05) is 20.8 Å². The average molecular weight is 395 g/mol. The van der Waals surface area contributed by atoms with Gasteiger partial charge in [-0.3, -0.25) is 4.79 Å². The number of halogens is 2. The molecule has 28 heavy (non-hydrogen) atoms. The summed E-state index contributed by atoms with van der Waals surface area (Å²) < 4.78 is 44.0. The lowest BCUT2D eigenvalue weighted by Gasteiger charge is -2.12. The Morgan fingerprint density at radius 1 is 1.07 bits per heavy atom. The molecule has 0 aliphatic rings. The number of amides is 1. The minimum Gasteiger partial charge on any atom is -0.493 e. The van der Waals surface area contributed by atoms with Crippen LogP contribution in [0, 0.1) is 0 Å². The Morgan fingerprint density at radius 3 is 2.54 bits per heavy atom. The van der Waals surface area contributed by atoms with Crippen LogP contribution in [-0.4, -0.2) is 39.3 Å². The van der Waals surface area contributed by atoms with E-state index < -0.39 is 18.5 Å². The summed E-state index contributed by atoms with van der Waals surface area (Å²) in [4.78, 5) is 23.4. The lowest BCUT2D eigenvalue weighted by atomic mass is 10.2. The molecule has 0 unspecified atom stereocenters. The molecule has 0 spiro atoms. The largest absolute Gasteiger partial charge is 0.493 e. The number of esters is 1. The number of ether oxygens (including phenoxy) is 4. The van der Waals surface area contributed by atoms with Gasteiger partial charge in [0.25, 0.3) is 5.91 Å². The van der Waals surface area contributed by atoms with Gasteiger partial charge in [-0.05, 0) is 35.9 Å². The molecule has 7 nitrogen and oxygen atoms in total. The molecule has 0 heterocycles. The highest BCUT2D eigenvalue weighted by molar-refractivity contribution is 5.89. The van der Waals surface area contributed by atoms with E-state index in [4.69, 9.17) is 9.47 Å². The molecule has 0 atom stereocenters. The predicted octanol–water partition coefficient (Wildman–Crippen LogP) is 2.78. The van der Waals surface area contributed by atoms with Crippen LogP contribution >= 0.6 is 0 Å². The number of hydrogen-bond acceptors (Lipinski definition) is 6. The first-order chi connectivity index (χ1) is 13.4. The summed E-state index contributed by atoms with van der Waals surface area (Å²) in [6.07, 6.45) is 0. The highest BCUT2D eigenvalue weighted by Crippen LogP contribution is 2.29. The Morgan fingerprint density at radius 2 is 1.86 bits per heavy atom. The fourth-order valence-corrected chi connectivity index (χ4v) is 2.25. The number of benzene rings is 2. The fraction of sp³-hybridized carbons (Fsp3) is 0.263. The monoisotopic (exact) mass is 395 g/mol. The van der Waals surface area contributed by atoms with Crippen LogP contribution in [-0.2, 0) is 16.1 Å². The summed E-state index contributed by atoms with van der Waals surface area (Å²) >= 11 is 0. The first kappa shape index (κ1) is 20.9. The molecule has 2 aromatic rings. The van der Waals surface area contributed by atoms with E-state index in [9.17, 15) is 18.4 Å². The van der Waals surface area contributed by atoms with E-state index in [2.05, 4.69) is 14.8 Å². The molecule has 150 valence electrons. The van der Waals surface area contributed by atoms with E-state index in [1.807, 2.05) is 0 Å².